The number of azide groups is 1. The predicted molar refractivity (Wildman–Crippen MR) is 102 cm³/mol. The fourth-order valence-corrected chi connectivity index (χ4v) is 2.49. The van der Waals surface area contributed by atoms with Gasteiger partial charge in [-0.25, -0.2) is 0 Å². The van der Waals surface area contributed by atoms with Crippen molar-refractivity contribution in [1.29, 1.82) is 0 Å². The van der Waals surface area contributed by atoms with Crippen molar-refractivity contribution < 1.29 is 29.1 Å². The number of carboxylic acid groups (broad SMARTS) is 1. The van der Waals surface area contributed by atoms with E-state index in [0.29, 0.717) is 6.42 Å². The lowest BCUT2D eigenvalue weighted by Gasteiger charge is -2.17. The molecule has 0 fully saturated rings. The number of methoxy groups -OCH3 is 1. The number of rotatable bonds is 13. The number of nitrogens with zero attached hydrogens (tertiary/aromatic N) is 4. The van der Waals surface area contributed by atoms with Gasteiger partial charge in [-0.3, -0.25) is 19.7 Å². The molecule has 1 atom stereocenters. The third-order valence-electron chi connectivity index (χ3n) is 3.87. The molecular weight excluding hydrogens is 386 g/mol. The van der Waals surface area contributed by atoms with Crippen molar-refractivity contribution in [2.45, 2.75) is 38.6 Å². The van der Waals surface area contributed by atoms with Crippen LogP contribution in [0.15, 0.2) is 17.2 Å². The fraction of sp³-hybridized carbons (Fsp3) is 0.529. The summed E-state index contributed by atoms with van der Waals surface area (Å²) in [5.74, 6) is -0.967. The molecule has 0 saturated heterocycles. The number of aliphatic carboxylic acids is 1. The number of ether oxygens (including phenoxy) is 2. The Morgan fingerprint density at radius 2 is 2.07 bits per heavy atom. The average Bonchev–Trinajstić information content (AvgIpc) is 2.67. The maximum atomic E-state index is 12.0. The number of carboxylic acids is 1. The van der Waals surface area contributed by atoms with Gasteiger partial charge in [0, 0.05) is 24.3 Å². The van der Waals surface area contributed by atoms with Gasteiger partial charge in [0.15, 0.2) is 11.5 Å². The summed E-state index contributed by atoms with van der Waals surface area (Å²) in [6.07, 6.45) is 0.609. The van der Waals surface area contributed by atoms with Crippen LogP contribution in [0.25, 0.3) is 10.4 Å². The van der Waals surface area contributed by atoms with Crippen molar-refractivity contribution in [1.82, 2.24) is 5.32 Å². The molecular formula is C17H23N5O7. The number of nitro benzene ring substituents is 1. The number of nitro groups is 1. The predicted octanol–water partition coefficient (Wildman–Crippen LogP) is 3.11. The number of carbonyl (C=O) groups is 2. The minimum absolute atomic E-state index is 0.0522. The number of carbonyl (C=O) groups excluding carboxylic acids is 1. The molecule has 0 aliphatic carbocycles. The van der Waals surface area contributed by atoms with Gasteiger partial charge in [-0.2, -0.15) is 0 Å². The first-order chi connectivity index (χ1) is 13.8. The van der Waals surface area contributed by atoms with Gasteiger partial charge in [0.25, 0.3) is 5.69 Å². The van der Waals surface area contributed by atoms with Crippen molar-refractivity contribution in [3.8, 4) is 11.5 Å². The summed E-state index contributed by atoms with van der Waals surface area (Å²) in [7, 11) is 1.37. The summed E-state index contributed by atoms with van der Waals surface area (Å²) in [5.41, 5.74) is 8.18. The van der Waals surface area contributed by atoms with E-state index in [2.05, 4.69) is 15.3 Å². The minimum atomic E-state index is -0.967. The molecule has 0 spiro atoms. The quantitative estimate of drug-likeness (QED) is 0.125. The van der Waals surface area contributed by atoms with E-state index in [0.717, 1.165) is 0 Å². The summed E-state index contributed by atoms with van der Waals surface area (Å²) >= 11 is 0. The second-order valence-corrected chi connectivity index (χ2v) is 6.01. The Morgan fingerprint density at radius 1 is 1.34 bits per heavy atom. The van der Waals surface area contributed by atoms with Crippen LogP contribution in [0.5, 0.6) is 11.5 Å². The SMILES string of the molecule is COc1cc(C(C)NC(=O)CCCN=[N+]=[N-])c([N+](=O)[O-])cc1OCCCC(=O)O. The molecule has 1 unspecified atom stereocenters. The molecule has 1 amide bonds. The maximum Gasteiger partial charge on any atom is 0.303 e. The van der Waals surface area contributed by atoms with Crippen molar-refractivity contribution in [3.05, 3.63) is 38.3 Å². The topological polar surface area (TPSA) is 177 Å². The zero-order valence-corrected chi connectivity index (χ0v) is 16.2. The summed E-state index contributed by atoms with van der Waals surface area (Å²) < 4.78 is 10.7. The lowest BCUT2D eigenvalue weighted by Crippen LogP contribution is -2.27. The van der Waals surface area contributed by atoms with E-state index >= 15 is 0 Å². The molecule has 0 radical (unpaired) electrons. The standard InChI is InChI=1S/C17H23N5O7/c1-11(20-16(23)5-3-7-19-21-18)12-9-14(28-2)15(10-13(12)22(26)27)29-8-4-6-17(24)25/h9-11H,3-8H2,1-2H3,(H,20,23)(H,24,25). The third kappa shape index (κ3) is 7.93. The summed E-state index contributed by atoms with van der Waals surface area (Å²) in [4.78, 5) is 36.1. The highest BCUT2D eigenvalue weighted by Gasteiger charge is 2.24. The van der Waals surface area contributed by atoms with E-state index in [1.165, 1.54) is 19.2 Å². The first kappa shape index (κ1) is 23.5. The van der Waals surface area contributed by atoms with Gasteiger partial charge in [-0.15, -0.1) is 0 Å². The highest BCUT2D eigenvalue weighted by Crippen LogP contribution is 2.37. The van der Waals surface area contributed by atoms with Gasteiger partial charge in [-0.1, -0.05) is 5.11 Å². The Kier molecular flexibility index (Phi) is 9.75. The molecule has 0 aliphatic heterocycles. The van der Waals surface area contributed by atoms with E-state index in [9.17, 15) is 19.7 Å². The second kappa shape index (κ2) is 12.0. The first-order valence-corrected chi connectivity index (χ1v) is 8.81. The smallest absolute Gasteiger partial charge is 0.303 e. The molecule has 1 aromatic rings. The van der Waals surface area contributed by atoms with Gasteiger partial charge in [0.05, 0.1) is 36.3 Å². The van der Waals surface area contributed by atoms with Gasteiger partial charge in [-0.05, 0) is 31.4 Å². The lowest BCUT2D eigenvalue weighted by atomic mass is 10.0. The van der Waals surface area contributed by atoms with E-state index in [1.807, 2.05) is 0 Å². The molecule has 1 rings (SSSR count). The number of nitrogens with one attached hydrogen (secondary N) is 1. The van der Waals surface area contributed by atoms with E-state index in [4.69, 9.17) is 20.1 Å². The van der Waals surface area contributed by atoms with Gasteiger partial charge < -0.3 is 19.9 Å². The highest BCUT2D eigenvalue weighted by molar-refractivity contribution is 5.76. The van der Waals surface area contributed by atoms with E-state index in [1.54, 1.807) is 6.92 Å². The number of hydrogen-bond donors (Lipinski definition) is 2. The summed E-state index contributed by atoms with van der Waals surface area (Å²) in [6.45, 7) is 1.83. The molecule has 0 heterocycles. The van der Waals surface area contributed by atoms with Crippen LogP contribution in [0.1, 0.15) is 44.2 Å². The molecule has 0 saturated carbocycles. The monoisotopic (exact) mass is 409 g/mol. The Hall–Kier alpha value is -3.53. The molecule has 0 aliphatic rings. The largest absolute Gasteiger partial charge is 0.493 e. The van der Waals surface area contributed by atoms with Crippen LogP contribution in [0.4, 0.5) is 5.69 Å². The van der Waals surface area contributed by atoms with Crippen LogP contribution in [-0.4, -0.2) is 42.2 Å². The molecule has 0 bridgehead atoms. The minimum Gasteiger partial charge on any atom is -0.493 e. The van der Waals surface area contributed by atoms with E-state index < -0.39 is 16.9 Å². The maximum absolute atomic E-state index is 12.0. The van der Waals surface area contributed by atoms with Crippen LogP contribution in [0.3, 0.4) is 0 Å². The highest BCUT2D eigenvalue weighted by atomic mass is 16.6. The normalized spacial score (nSPS) is 11.1. The van der Waals surface area contributed by atoms with Crippen LogP contribution >= 0.6 is 0 Å². The zero-order chi connectivity index (χ0) is 21.8. The number of amides is 1. The second-order valence-electron chi connectivity index (χ2n) is 6.01. The number of hydrogen-bond acceptors (Lipinski definition) is 7. The van der Waals surface area contributed by atoms with Crippen molar-refractivity contribution in [3.63, 3.8) is 0 Å². The van der Waals surface area contributed by atoms with Crippen LogP contribution < -0.4 is 14.8 Å². The fourth-order valence-electron chi connectivity index (χ4n) is 2.49. The first-order valence-electron chi connectivity index (χ1n) is 8.81. The molecule has 12 nitrogen and oxygen atoms in total. The Labute approximate surface area is 166 Å². The number of benzene rings is 1. The summed E-state index contributed by atoms with van der Waals surface area (Å²) in [6, 6.07) is 1.92. The lowest BCUT2D eigenvalue weighted by molar-refractivity contribution is -0.385. The van der Waals surface area contributed by atoms with E-state index in [-0.39, 0.29) is 61.1 Å². The van der Waals surface area contributed by atoms with Crippen molar-refractivity contribution >= 4 is 17.6 Å². The van der Waals surface area contributed by atoms with Crippen molar-refractivity contribution in [2.24, 2.45) is 5.11 Å². The molecule has 12 heteroatoms. The molecule has 29 heavy (non-hydrogen) atoms. The molecule has 158 valence electrons. The third-order valence-corrected chi connectivity index (χ3v) is 3.87. The van der Waals surface area contributed by atoms with Gasteiger partial charge in [0.2, 0.25) is 5.91 Å². The van der Waals surface area contributed by atoms with Crippen LogP contribution in [0.2, 0.25) is 0 Å². The Bertz CT molecular complexity index is 793. The van der Waals surface area contributed by atoms with Crippen molar-refractivity contribution in [2.75, 3.05) is 20.3 Å². The molecule has 0 aromatic heterocycles. The van der Waals surface area contributed by atoms with Gasteiger partial charge >= 0.3 is 5.97 Å². The Balaban J connectivity index is 2.95. The molecule has 2 N–H and O–H groups in total. The Morgan fingerprint density at radius 3 is 2.66 bits per heavy atom. The zero-order valence-electron chi connectivity index (χ0n) is 16.2. The summed E-state index contributed by atoms with van der Waals surface area (Å²) in [5, 5.41) is 26.2. The molecule has 1 aromatic carbocycles. The van der Waals surface area contributed by atoms with Crippen LogP contribution in [-0.2, 0) is 9.59 Å². The van der Waals surface area contributed by atoms with Gasteiger partial charge in [0.1, 0.15) is 0 Å². The average molecular weight is 409 g/mol. The van der Waals surface area contributed by atoms with Crippen LogP contribution in [0, 0.1) is 10.1 Å².